The van der Waals surface area contributed by atoms with Crippen molar-refractivity contribution in [3.63, 3.8) is 0 Å². The summed E-state index contributed by atoms with van der Waals surface area (Å²) >= 11 is 0. The van der Waals surface area contributed by atoms with Crippen molar-refractivity contribution in [2.24, 2.45) is 0 Å². The van der Waals surface area contributed by atoms with E-state index in [2.05, 4.69) is 23.1 Å². The van der Waals surface area contributed by atoms with Crippen LogP contribution in [0.4, 0.5) is 10.5 Å². The quantitative estimate of drug-likeness (QED) is 0.246. The van der Waals surface area contributed by atoms with Gasteiger partial charge in [0, 0.05) is 24.2 Å². The van der Waals surface area contributed by atoms with E-state index in [9.17, 15) is 14.4 Å². The molecular weight excluding hydrogens is 514 g/mol. The van der Waals surface area contributed by atoms with Crippen LogP contribution < -0.4 is 10.6 Å². The third-order valence-corrected chi connectivity index (χ3v) is 6.25. The first-order valence-corrected chi connectivity index (χ1v) is 13.4. The molecule has 0 radical (unpaired) electrons. The molecule has 0 spiro atoms. The van der Waals surface area contributed by atoms with Crippen LogP contribution in [0, 0.1) is 19.3 Å². The summed E-state index contributed by atoms with van der Waals surface area (Å²) in [4.78, 5) is 42.6. The molecule has 7 nitrogen and oxygen atoms in total. The second kappa shape index (κ2) is 14.0. The number of amides is 3. The lowest BCUT2D eigenvalue weighted by molar-refractivity contribution is -0.140. The third-order valence-electron chi connectivity index (χ3n) is 6.25. The summed E-state index contributed by atoms with van der Waals surface area (Å²) in [6, 6.07) is 21.5. The van der Waals surface area contributed by atoms with Gasteiger partial charge in [0.25, 0.3) is 5.91 Å². The second-order valence-electron chi connectivity index (χ2n) is 10.6. The Kier molecular flexibility index (Phi) is 10.5. The number of anilines is 1. The van der Waals surface area contributed by atoms with Crippen molar-refractivity contribution >= 4 is 23.6 Å². The van der Waals surface area contributed by atoms with E-state index in [1.54, 1.807) is 51.1 Å². The van der Waals surface area contributed by atoms with Gasteiger partial charge in [0.05, 0.1) is 0 Å². The number of ether oxygens (including phenoxy) is 1. The number of carbonyl (C=O) groups excluding carboxylic acids is 3. The molecule has 2 unspecified atom stereocenters. The molecule has 2 N–H and O–H groups in total. The van der Waals surface area contributed by atoms with Gasteiger partial charge < -0.3 is 20.3 Å². The summed E-state index contributed by atoms with van der Waals surface area (Å²) in [6.45, 7) is 11.0. The summed E-state index contributed by atoms with van der Waals surface area (Å²) in [5.41, 5.74) is 2.48. The van der Waals surface area contributed by atoms with E-state index in [1.165, 1.54) is 11.0 Å². The molecule has 212 valence electrons. The van der Waals surface area contributed by atoms with Gasteiger partial charge in [-0.3, -0.25) is 9.59 Å². The number of aryl methyl sites for hydroxylation is 1. The van der Waals surface area contributed by atoms with E-state index in [-0.39, 0.29) is 13.0 Å². The Morgan fingerprint density at radius 3 is 2.27 bits per heavy atom. The number of hydrogen-bond acceptors (Lipinski definition) is 4. The van der Waals surface area contributed by atoms with Crippen LogP contribution in [0.25, 0.3) is 0 Å². The Balaban J connectivity index is 2.09. The summed E-state index contributed by atoms with van der Waals surface area (Å²) < 4.78 is 5.47. The lowest BCUT2D eigenvalue weighted by atomic mass is 9.96. The minimum Gasteiger partial charge on any atom is -0.444 e. The lowest BCUT2D eigenvalue weighted by Crippen LogP contribution is -2.53. The molecular formula is C34H37N3O4. The van der Waals surface area contributed by atoms with Crippen molar-refractivity contribution in [2.45, 2.75) is 51.8 Å². The number of hydrogen-bond donors (Lipinski definition) is 2. The zero-order valence-electron chi connectivity index (χ0n) is 24.0. The molecule has 0 aliphatic carbocycles. The zero-order valence-corrected chi connectivity index (χ0v) is 24.0. The van der Waals surface area contributed by atoms with Crippen LogP contribution in [0.3, 0.4) is 0 Å². The maximum atomic E-state index is 14.4. The van der Waals surface area contributed by atoms with E-state index in [1.807, 2.05) is 55.5 Å². The first kappa shape index (κ1) is 30.7. The largest absolute Gasteiger partial charge is 0.444 e. The normalized spacial score (nSPS) is 12.3. The van der Waals surface area contributed by atoms with Gasteiger partial charge in [-0.25, -0.2) is 4.79 Å². The van der Waals surface area contributed by atoms with Crippen molar-refractivity contribution < 1.29 is 19.1 Å². The van der Waals surface area contributed by atoms with Crippen LogP contribution in [0.5, 0.6) is 0 Å². The molecule has 41 heavy (non-hydrogen) atoms. The highest BCUT2D eigenvalue weighted by molar-refractivity contribution is 5.99. The molecule has 0 heterocycles. The summed E-state index contributed by atoms with van der Waals surface area (Å²) in [5.74, 6) is 1.70. The van der Waals surface area contributed by atoms with Crippen molar-refractivity contribution in [3.05, 3.63) is 114 Å². The smallest absolute Gasteiger partial charge is 0.408 e. The van der Waals surface area contributed by atoms with E-state index < -0.39 is 35.6 Å². The SMILES string of the molecule is C#Cc1ccccc1C(C(=O)Nc1ccccc1C)N(CC=C)C(=O)C(Cc1ccccc1)NC(=O)OC(C)(C)C. The minimum atomic E-state index is -1.12. The molecule has 3 amide bonds. The first-order valence-electron chi connectivity index (χ1n) is 13.4. The Labute approximate surface area is 242 Å². The highest BCUT2D eigenvalue weighted by Gasteiger charge is 2.37. The summed E-state index contributed by atoms with van der Waals surface area (Å²) in [5, 5.41) is 5.70. The molecule has 0 fully saturated rings. The number of terminal acetylenes is 1. The van der Waals surface area contributed by atoms with E-state index in [4.69, 9.17) is 11.2 Å². The number of rotatable bonds is 10. The molecule has 3 aromatic carbocycles. The highest BCUT2D eigenvalue weighted by atomic mass is 16.6. The number of nitrogens with zero attached hydrogens (tertiary/aromatic N) is 1. The molecule has 0 aliphatic heterocycles. The minimum absolute atomic E-state index is 0.0187. The van der Waals surface area contributed by atoms with Gasteiger partial charge in [-0.05, 0) is 56.5 Å². The van der Waals surface area contributed by atoms with Crippen molar-refractivity contribution in [1.82, 2.24) is 10.2 Å². The van der Waals surface area contributed by atoms with E-state index >= 15 is 0 Å². The number of para-hydroxylation sites is 1. The number of carbonyl (C=O) groups is 3. The molecule has 0 bridgehead atoms. The van der Waals surface area contributed by atoms with Crippen LogP contribution in [0.2, 0.25) is 0 Å². The predicted octanol–water partition coefficient (Wildman–Crippen LogP) is 5.81. The van der Waals surface area contributed by atoms with Gasteiger partial charge in [0.1, 0.15) is 17.7 Å². The molecule has 0 aliphatic rings. The maximum Gasteiger partial charge on any atom is 0.408 e. The Morgan fingerprint density at radius 1 is 1.00 bits per heavy atom. The van der Waals surface area contributed by atoms with Crippen LogP contribution >= 0.6 is 0 Å². The average Bonchev–Trinajstić information content (AvgIpc) is 2.93. The number of alkyl carbamates (subject to hydrolysis) is 1. The van der Waals surface area contributed by atoms with Gasteiger partial charge in [-0.1, -0.05) is 78.7 Å². The molecule has 0 saturated heterocycles. The van der Waals surface area contributed by atoms with E-state index in [0.29, 0.717) is 16.8 Å². The fourth-order valence-corrected chi connectivity index (χ4v) is 4.39. The van der Waals surface area contributed by atoms with Crippen LogP contribution in [0.1, 0.15) is 49.1 Å². The first-order chi connectivity index (χ1) is 19.5. The molecule has 0 saturated carbocycles. The predicted molar refractivity (Wildman–Crippen MR) is 162 cm³/mol. The summed E-state index contributed by atoms with van der Waals surface area (Å²) in [7, 11) is 0. The second-order valence-corrected chi connectivity index (χ2v) is 10.6. The number of benzene rings is 3. The lowest BCUT2D eigenvalue weighted by Gasteiger charge is -2.34. The van der Waals surface area contributed by atoms with Gasteiger partial charge in [-0.2, -0.15) is 0 Å². The summed E-state index contributed by atoms with van der Waals surface area (Å²) in [6.07, 6.45) is 6.80. The molecule has 3 rings (SSSR count). The Hall–Kier alpha value is -4.83. The van der Waals surface area contributed by atoms with Crippen molar-refractivity contribution in [1.29, 1.82) is 0 Å². The van der Waals surface area contributed by atoms with Gasteiger partial charge >= 0.3 is 6.09 Å². The van der Waals surface area contributed by atoms with Crippen LogP contribution in [-0.2, 0) is 20.7 Å². The van der Waals surface area contributed by atoms with Gasteiger partial charge in [-0.15, -0.1) is 13.0 Å². The monoisotopic (exact) mass is 551 g/mol. The molecule has 3 aromatic rings. The fraction of sp³-hybridized carbons (Fsp3) is 0.265. The van der Waals surface area contributed by atoms with E-state index in [0.717, 1.165) is 11.1 Å². The maximum absolute atomic E-state index is 14.4. The Morgan fingerprint density at radius 2 is 1.63 bits per heavy atom. The Bertz CT molecular complexity index is 1420. The zero-order chi connectivity index (χ0) is 30.0. The van der Waals surface area contributed by atoms with Gasteiger partial charge in [0.2, 0.25) is 5.91 Å². The van der Waals surface area contributed by atoms with Crippen molar-refractivity contribution in [2.75, 3.05) is 11.9 Å². The van der Waals surface area contributed by atoms with Crippen molar-refractivity contribution in [3.8, 4) is 12.3 Å². The standard InChI is InChI=1S/C34H37N3O4/c1-7-22-37(32(39)29(23-25-17-10-9-11-18-25)36-33(40)41-34(4,5)6)30(27-20-14-13-19-26(27)8-2)31(38)35-28-21-15-12-16-24(28)3/h2,7,9-21,29-30H,1,22-23H2,3-6H3,(H,35,38)(H,36,40). The highest BCUT2D eigenvalue weighted by Crippen LogP contribution is 2.28. The molecule has 7 heteroatoms. The van der Waals surface area contributed by atoms with Gasteiger partial charge in [0.15, 0.2) is 0 Å². The van der Waals surface area contributed by atoms with Crippen LogP contribution in [0.15, 0.2) is 91.5 Å². The topological polar surface area (TPSA) is 87.7 Å². The molecule has 2 atom stereocenters. The molecule has 0 aromatic heterocycles. The average molecular weight is 552 g/mol. The number of nitrogens with one attached hydrogen (secondary N) is 2. The third kappa shape index (κ3) is 8.58. The fourth-order valence-electron chi connectivity index (χ4n) is 4.39. The van der Waals surface area contributed by atoms with Crippen LogP contribution in [-0.4, -0.2) is 41.0 Å².